The Bertz CT molecular complexity index is 3180. The number of ether oxygens (including phenoxy) is 1. The Kier molecular flexibility index (Phi) is 6.75. The summed E-state index contributed by atoms with van der Waals surface area (Å²) in [5.74, 6) is 1.84. The van der Waals surface area contributed by atoms with Gasteiger partial charge in [0.1, 0.15) is 11.5 Å². The molecule has 9 aromatic carbocycles. The number of fused-ring (bicyclic) bond motifs is 14. The van der Waals surface area contributed by atoms with E-state index in [9.17, 15) is 0 Å². The summed E-state index contributed by atoms with van der Waals surface area (Å²) in [5.41, 5.74) is 12.7. The minimum absolute atomic E-state index is 0.539. The number of anilines is 3. The molecule has 0 N–H and O–H groups in total. The molecule has 0 amide bonds. The van der Waals surface area contributed by atoms with E-state index in [4.69, 9.17) is 4.74 Å². The van der Waals surface area contributed by atoms with Crippen LogP contribution in [0.1, 0.15) is 22.3 Å². The van der Waals surface area contributed by atoms with Gasteiger partial charge in [0.05, 0.1) is 15.8 Å². The predicted molar refractivity (Wildman–Crippen MR) is 234 cm³/mol. The first kappa shape index (κ1) is 31.4. The molecule has 1 unspecified atom stereocenters. The fraction of sp³-hybridized carbons (Fsp3) is 0.0189. The SMILES string of the molecule is c1ccc(N(c2ccc(-c3ccc4c(c3)C3(c5ccccc5Oc5c3ccc3ccccc53)c3ccccc3-4)cc2)c2cccc3c2sc2ccccc23)cc1. The molecular formula is C53H33NOS. The first-order valence-corrected chi connectivity index (χ1v) is 20.0. The molecule has 56 heavy (non-hydrogen) atoms. The summed E-state index contributed by atoms with van der Waals surface area (Å²) >= 11 is 1.86. The van der Waals surface area contributed by atoms with Crippen molar-refractivity contribution in [1.82, 2.24) is 0 Å². The van der Waals surface area contributed by atoms with Crippen LogP contribution in [-0.2, 0) is 5.41 Å². The van der Waals surface area contributed by atoms with Crippen LogP contribution in [0.15, 0.2) is 200 Å². The van der Waals surface area contributed by atoms with Crippen LogP contribution in [0.5, 0.6) is 11.5 Å². The van der Waals surface area contributed by atoms with Gasteiger partial charge in [-0.1, -0.05) is 152 Å². The zero-order valence-electron chi connectivity index (χ0n) is 30.3. The molecule has 1 spiro atoms. The Balaban J connectivity index is 1.04. The van der Waals surface area contributed by atoms with Gasteiger partial charge >= 0.3 is 0 Å². The molecule has 3 heteroatoms. The summed E-state index contributed by atoms with van der Waals surface area (Å²) in [6.07, 6.45) is 0. The topological polar surface area (TPSA) is 12.5 Å². The average molecular weight is 732 g/mol. The van der Waals surface area contributed by atoms with Crippen LogP contribution in [0.25, 0.3) is 53.2 Å². The van der Waals surface area contributed by atoms with Gasteiger partial charge in [-0.15, -0.1) is 11.3 Å². The molecule has 0 bridgehead atoms. The monoisotopic (exact) mass is 731 g/mol. The standard InChI is InChI=1S/C53H33NOS/c1-2-14-37(15-3-1)54(48-22-12-19-43-42-18-7-11-24-50(42)56-52(43)48)38-29-25-34(26-30-38)36-27-31-41-40-17-6-8-20-44(40)53(47(41)33-36)45-21-9-10-23-49(45)55-51-39-16-5-4-13-35(39)28-32-46(51)53/h1-33H. The van der Waals surface area contributed by atoms with E-state index in [-0.39, 0.29) is 0 Å². The number of rotatable bonds is 4. The summed E-state index contributed by atoms with van der Waals surface area (Å²) < 4.78 is 9.46. The van der Waals surface area contributed by atoms with E-state index < -0.39 is 5.41 Å². The summed E-state index contributed by atoms with van der Waals surface area (Å²) in [4.78, 5) is 2.40. The van der Waals surface area contributed by atoms with Crippen LogP contribution < -0.4 is 9.64 Å². The van der Waals surface area contributed by atoms with Crippen molar-refractivity contribution in [2.75, 3.05) is 4.90 Å². The fourth-order valence-electron chi connectivity index (χ4n) is 9.52. The number of thiophene rings is 1. The number of hydrogen-bond acceptors (Lipinski definition) is 3. The molecule has 0 saturated heterocycles. The van der Waals surface area contributed by atoms with Crippen LogP contribution in [0.3, 0.4) is 0 Å². The van der Waals surface area contributed by atoms with Crippen LogP contribution in [0, 0.1) is 0 Å². The summed E-state index contributed by atoms with van der Waals surface area (Å²) in [6.45, 7) is 0. The second kappa shape index (κ2) is 12.0. The maximum absolute atomic E-state index is 6.87. The number of hydrogen-bond donors (Lipinski definition) is 0. The van der Waals surface area contributed by atoms with Gasteiger partial charge in [-0.3, -0.25) is 0 Å². The quantitative estimate of drug-likeness (QED) is 0.179. The highest BCUT2D eigenvalue weighted by Crippen LogP contribution is 2.63. The maximum Gasteiger partial charge on any atom is 0.140 e. The maximum atomic E-state index is 6.87. The Hall–Kier alpha value is -6.94. The van der Waals surface area contributed by atoms with Gasteiger partial charge in [-0.05, 0) is 87.3 Å². The first-order valence-electron chi connectivity index (χ1n) is 19.2. The second-order valence-electron chi connectivity index (χ2n) is 14.8. The third-order valence-corrected chi connectivity index (χ3v) is 13.1. The van der Waals surface area contributed by atoms with Gasteiger partial charge in [-0.2, -0.15) is 0 Å². The van der Waals surface area contributed by atoms with Crippen LogP contribution >= 0.6 is 11.3 Å². The highest BCUT2D eigenvalue weighted by molar-refractivity contribution is 7.26. The van der Waals surface area contributed by atoms with E-state index in [0.717, 1.165) is 28.3 Å². The van der Waals surface area contributed by atoms with E-state index in [1.807, 2.05) is 11.3 Å². The van der Waals surface area contributed by atoms with Gasteiger partial charge in [0.2, 0.25) is 0 Å². The molecule has 2 aliphatic rings. The zero-order chi connectivity index (χ0) is 36.8. The van der Waals surface area contributed by atoms with E-state index in [2.05, 4.69) is 205 Å². The van der Waals surface area contributed by atoms with E-state index >= 15 is 0 Å². The number of nitrogens with zero attached hydrogens (tertiary/aromatic N) is 1. The van der Waals surface area contributed by atoms with Gasteiger partial charge in [0.25, 0.3) is 0 Å². The first-order chi connectivity index (χ1) is 27.8. The van der Waals surface area contributed by atoms with Crippen LogP contribution in [0.2, 0.25) is 0 Å². The van der Waals surface area contributed by atoms with E-state index in [1.54, 1.807) is 0 Å². The van der Waals surface area contributed by atoms with Gasteiger partial charge in [0.15, 0.2) is 0 Å². The van der Waals surface area contributed by atoms with Gasteiger partial charge in [-0.25, -0.2) is 0 Å². The third-order valence-electron chi connectivity index (χ3n) is 11.9. The minimum atomic E-state index is -0.539. The second-order valence-corrected chi connectivity index (χ2v) is 15.8. The Labute approximate surface area is 329 Å². The molecule has 2 nitrogen and oxygen atoms in total. The smallest absolute Gasteiger partial charge is 0.140 e. The summed E-state index contributed by atoms with van der Waals surface area (Å²) in [7, 11) is 0. The van der Waals surface area contributed by atoms with Crippen molar-refractivity contribution >= 4 is 59.3 Å². The van der Waals surface area contributed by atoms with E-state index in [0.29, 0.717) is 0 Å². The van der Waals surface area contributed by atoms with Crippen molar-refractivity contribution in [2.24, 2.45) is 0 Å². The van der Waals surface area contributed by atoms with E-state index in [1.165, 1.54) is 75.8 Å². The van der Waals surface area contributed by atoms with Crippen molar-refractivity contribution in [3.63, 3.8) is 0 Å². The lowest BCUT2D eigenvalue weighted by Gasteiger charge is -2.40. The van der Waals surface area contributed by atoms with Gasteiger partial charge < -0.3 is 9.64 Å². The molecule has 262 valence electrons. The Morgan fingerprint density at radius 1 is 0.429 bits per heavy atom. The fourth-order valence-corrected chi connectivity index (χ4v) is 10.7. The third kappa shape index (κ3) is 4.38. The Morgan fingerprint density at radius 2 is 1.11 bits per heavy atom. The Morgan fingerprint density at radius 3 is 2.00 bits per heavy atom. The zero-order valence-corrected chi connectivity index (χ0v) is 31.1. The predicted octanol–water partition coefficient (Wildman–Crippen LogP) is 14.8. The normalized spacial score (nSPS) is 15.0. The van der Waals surface area contributed by atoms with Gasteiger partial charge in [0, 0.05) is 43.4 Å². The average Bonchev–Trinajstić information content (AvgIpc) is 3.79. The molecule has 1 aromatic heterocycles. The highest BCUT2D eigenvalue weighted by atomic mass is 32.1. The molecule has 1 atom stereocenters. The lowest BCUT2D eigenvalue weighted by Crippen LogP contribution is -2.32. The molecule has 0 saturated carbocycles. The number of para-hydroxylation sites is 2. The molecule has 12 rings (SSSR count). The molecular weight excluding hydrogens is 699 g/mol. The van der Waals surface area contributed by atoms with Crippen molar-refractivity contribution in [2.45, 2.75) is 5.41 Å². The lowest BCUT2D eigenvalue weighted by atomic mass is 9.65. The molecule has 0 fully saturated rings. The molecule has 10 aromatic rings. The van der Waals surface area contributed by atoms with Crippen molar-refractivity contribution in [1.29, 1.82) is 0 Å². The summed E-state index contributed by atoms with van der Waals surface area (Å²) in [5, 5.41) is 4.90. The largest absolute Gasteiger partial charge is 0.456 e. The van der Waals surface area contributed by atoms with Crippen molar-refractivity contribution in [3.8, 4) is 33.8 Å². The number of benzene rings is 9. The van der Waals surface area contributed by atoms with Crippen LogP contribution in [-0.4, -0.2) is 0 Å². The molecule has 1 aliphatic carbocycles. The highest BCUT2D eigenvalue weighted by Gasteiger charge is 2.51. The molecule has 1 aliphatic heterocycles. The van der Waals surface area contributed by atoms with Crippen molar-refractivity contribution in [3.05, 3.63) is 222 Å². The summed E-state index contributed by atoms with van der Waals surface area (Å²) in [6, 6.07) is 73.0. The van der Waals surface area contributed by atoms with Crippen molar-refractivity contribution < 1.29 is 4.74 Å². The lowest BCUT2D eigenvalue weighted by molar-refractivity contribution is 0.442. The minimum Gasteiger partial charge on any atom is -0.456 e. The molecule has 2 heterocycles. The van der Waals surface area contributed by atoms with Crippen LogP contribution in [0.4, 0.5) is 17.1 Å². The molecule has 0 radical (unpaired) electrons.